The molecule has 0 radical (unpaired) electrons. The number of nitrogens with one attached hydrogen (secondary N) is 1. The number of rotatable bonds is 7. The summed E-state index contributed by atoms with van der Waals surface area (Å²) in [6.07, 6.45) is 5.70. The topological polar surface area (TPSA) is 66.5 Å². The fourth-order valence-electron chi connectivity index (χ4n) is 3.09. The molecular weight excluding hydrogens is 376 g/mol. The molecule has 2 fully saturated rings. The third-order valence-corrected chi connectivity index (χ3v) is 9.32. The number of carbonyl (C=O) groups excluding carboxylic acids is 1. The summed E-state index contributed by atoms with van der Waals surface area (Å²) >= 11 is 0. The molecule has 1 amide bonds. The molecule has 1 N–H and O–H groups in total. The lowest BCUT2D eigenvalue weighted by Crippen LogP contribution is -2.24. The first kappa shape index (κ1) is 18.9. The van der Waals surface area contributed by atoms with E-state index in [2.05, 4.69) is 5.32 Å². The van der Waals surface area contributed by atoms with Gasteiger partial charge in [0.2, 0.25) is 15.9 Å². The molecule has 1 atom stereocenters. The van der Waals surface area contributed by atoms with Gasteiger partial charge in [0.05, 0.1) is 11.4 Å². The lowest BCUT2D eigenvalue weighted by molar-refractivity contribution is -0.116. The van der Waals surface area contributed by atoms with Crippen molar-refractivity contribution >= 4 is 48.9 Å². The van der Waals surface area contributed by atoms with Crippen LogP contribution in [0.5, 0.6) is 0 Å². The number of unbranched alkanes of at least 4 members (excludes halogenated alkanes) is 1. The number of anilines is 2. The van der Waals surface area contributed by atoms with Crippen molar-refractivity contribution < 1.29 is 13.2 Å². The molecule has 2 saturated heterocycles. The summed E-state index contributed by atoms with van der Waals surface area (Å²) in [6, 6.07) is 7.06. The molecule has 0 aliphatic carbocycles. The van der Waals surface area contributed by atoms with Crippen LogP contribution in [-0.4, -0.2) is 37.6 Å². The number of amides is 1. The molecule has 2 aliphatic heterocycles. The highest BCUT2D eigenvalue weighted by molar-refractivity contribution is 8.77. The zero-order valence-corrected chi connectivity index (χ0v) is 16.6. The average molecular weight is 401 g/mol. The lowest BCUT2D eigenvalue weighted by atomic mass is 10.1. The van der Waals surface area contributed by atoms with E-state index in [1.165, 1.54) is 22.9 Å². The van der Waals surface area contributed by atoms with Crippen molar-refractivity contribution in [1.29, 1.82) is 0 Å². The van der Waals surface area contributed by atoms with E-state index in [1.54, 1.807) is 24.3 Å². The van der Waals surface area contributed by atoms with E-state index in [1.807, 2.05) is 21.6 Å². The summed E-state index contributed by atoms with van der Waals surface area (Å²) in [5.41, 5.74) is 1.38. The molecule has 1 unspecified atom stereocenters. The van der Waals surface area contributed by atoms with E-state index < -0.39 is 10.0 Å². The Morgan fingerprint density at radius 1 is 1.24 bits per heavy atom. The summed E-state index contributed by atoms with van der Waals surface area (Å²) in [7, 11) is 0.784. The Morgan fingerprint density at radius 3 is 2.68 bits per heavy atom. The lowest BCUT2D eigenvalue weighted by Gasteiger charge is -2.17. The summed E-state index contributed by atoms with van der Waals surface area (Å²) in [5.74, 6) is 1.49. The highest BCUT2D eigenvalue weighted by Crippen LogP contribution is 2.39. The quantitative estimate of drug-likeness (QED) is 0.556. The van der Waals surface area contributed by atoms with Crippen LogP contribution in [0.4, 0.5) is 11.4 Å². The zero-order chi connectivity index (χ0) is 17.7. The maximum Gasteiger partial charge on any atom is 0.235 e. The Kier molecular flexibility index (Phi) is 6.57. The van der Waals surface area contributed by atoms with E-state index in [0.29, 0.717) is 30.8 Å². The van der Waals surface area contributed by atoms with Crippen molar-refractivity contribution in [3.63, 3.8) is 0 Å². The van der Waals surface area contributed by atoms with Crippen LogP contribution < -0.4 is 9.62 Å². The smallest absolute Gasteiger partial charge is 0.235 e. The molecule has 8 heteroatoms. The van der Waals surface area contributed by atoms with E-state index >= 15 is 0 Å². The van der Waals surface area contributed by atoms with Gasteiger partial charge in [-0.1, -0.05) is 28.0 Å². The highest BCUT2D eigenvalue weighted by atomic mass is 33.1. The minimum absolute atomic E-state index is 0.0231. The van der Waals surface area contributed by atoms with Crippen molar-refractivity contribution in [2.45, 2.75) is 43.8 Å². The number of hydrogen-bond acceptors (Lipinski definition) is 5. The molecule has 5 nitrogen and oxygen atoms in total. The molecule has 2 aliphatic rings. The molecule has 2 heterocycles. The number of nitrogens with zero attached hydrogens (tertiary/aromatic N) is 1. The third kappa shape index (κ3) is 5.31. The van der Waals surface area contributed by atoms with Crippen molar-refractivity contribution in [2.24, 2.45) is 0 Å². The van der Waals surface area contributed by atoms with Crippen LogP contribution in [0.3, 0.4) is 0 Å². The van der Waals surface area contributed by atoms with Gasteiger partial charge in [-0.2, -0.15) is 0 Å². The van der Waals surface area contributed by atoms with Crippen LogP contribution in [0.25, 0.3) is 0 Å². The summed E-state index contributed by atoms with van der Waals surface area (Å²) in [5, 5.41) is 3.66. The number of carbonyl (C=O) groups is 1. The van der Waals surface area contributed by atoms with Crippen molar-refractivity contribution in [3.8, 4) is 0 Å². The molecule has 1 aromatic rings. The second-order valence-corrected chi connectivity index (χ2v) is 11.2. The Bertz CT molecular complexity index is 686. The zero-order valence-electron chi connectivity index (χ0n) is 14.1. The second-order valence-electron chi connectivity index (χ2n) is 6.41. The molecule has 0 saturated carbocycles. The first-order valence-electron chi connectivity index (χ1n) is 8.73. The van der Waals surface area contributed by atoms with Crippen LogP contribution >= 0.6 is 21.6 Å². The number of hydrogen-bond donors (Lipinski definition) is 1. The van der Waals surface area contributed by atoms with Gasteiger partial charge in [-0.15, -0.1) is 0 Å². The first-order chi connectivity index (χ1) is 12.0. The van der Waals surface area contributed by atoms with Gasteiger partial charge in [0.1, 0.15) is 0 Å². The van der Waals surface area contributed by atoms with Crippen LogP contribution in [0.1, 0.15) is 38.5 Å². The minimum atomic E-state index is -3.16. The summed E-state index contributed by atoms with van der Waals surface area (Å²) in [6.45, 7) is 0.534. The van der Waals surface area contributed by atoms with Crippen LogP contribution in [0, 0.1) is 0 Å². The predicted octanol–water partition coefficient (Wildman–Crippen LogP) is 3.88. The Balaban J connectivity index is 1.42. The van der Waals surface area contributed by atoms with Gasteiger partial charge in [0.25, 0.3) is 0 Å². The van der Waals surface area contributed by atoms with Gasteiger partial charge >= 0.3 is 0 Å². The van der Waals surface area contributed by atoms with E-state index in [0.717, 1.165) is 18.1 Å². The Hall–Kier alpha value is -0.860. The number of sulfonamides is 1. The number of benzene rings is 1. The van der Waals surface area contributed by atoms with Crippen LogP contribution in [-0.2, 0) is 14.8 Å². The molecule has 1 aromatic carbocycles. The van der Waals surface area contributed by atoms with E-state index in [9.17, 15) is 13.2 Å². The van der Waals surface area contributed by atoms with Gasteiger partial charge < -0.3 is 5.32 Å². The van der Waals surface area contributed by atoms with Gasteiger partial charge in [0, 0.05) is 29.7 Å². The van der Waals surface area contributed by atoms with E-state index in [-0.39, 0.29) is 11.7 Å². The van der Waals surface area contributed by atoms with Gasteiger partial charge in [-0.3, -0.25) is 9.10 Å². The Morgan fingerprint density at radius 2 is 2.04 bits per heavy atom. The maximum atomic E-state index is 12.0. The van der Waals surface area contributed by atoms with E-state index in [4.69, 9.17) is 0 Å². The standard InChI is InChI=1S/C17H24N2O3S3/c20-17(5-2-1-4-16-10-12-23-24-16)18-14-6-8-15(9-7-14)19-11-3-13-25(19,21)22/h6-9,16H,1-5,10-13H2,(H,18,20). The fourth-order valence-corrected chi connectivity index (χ4v) is 7.68. The molecule has 0 bridgehead atoms. The highest BCUT2D eigenvalue weighted by Gasteiger charge is 2.28. The molecule has 0 aromatic heterocycles. The molecule has 25 heavy (non-hydrogen) atoms. The average Bonchev–Trinajstić information content (AvgIpc) is 3.21. The molecule has 138 valence electrons. The molecule has 0 spiro atoms. The van der Waals surface area contributed by atoms with Gasteiger partial charge in [-0.05, 0) is 49.9 Å². The van der Waals surface area contributed by atoms with Crippen LogP contribution in [0.15, 0.2) is 24.3 Å². The SMILES string of the molecule is O=C(CCCCC1CCSS1)Nc1ccc(N2CCCS2(=O)=O)cc1. The third-order valence-electron chi connectivity index (χ3n) is 4.45. The van der Waals surface area contributed by atoms with Crippen molar-refractivity contribution in [1.82, 2.24) is 0 Å². The monoisotopic (exact) mass is 400 g/mol. The van der Waals surface area contributed by atoms with Crippen molar-refractivity contribution in [3.05, 3.63) is 24.3 Å². The molecular formula is C17H24N2O3S3. The Labute approximate surface area is 157 Å². The normalized spacial score (nSPS) is 22.2. The fraction of sp³-hybridized carbons (Fsp3) is 0.588. The maximum absolute atomic E-state index is 12.0. The van der Waals surface area contributed by atoms with Crippen molar-refractivity contribution in [2.75, 3.05) is 27.7 Å². The summed E-state index contributed by atoms with van der Waals surface area (Å²) in [4.78, 5) is 12.0. The first-order valence-corrected chi connectivity index (χ1v) is 12.7. The van der Waals surface area contributed by atoms with Gasteiger partial charge in [-0.25, -0.2) is 8.42 Å². The second kappa shape index (κ2) is 8.68. The molecule has 3 rings (SSSR count). The van der Waals surface area contributed by atoms with Gasteiger partial charge in [0.15, 0.2) is 0 Å². The van der Waals surface area contributed by atoms with Crippen LogP contribution in [0.2, 0.25) is 0 Å². The summed E-state index contributed by atoms with van der Waals surface area (Å²) < 4.78 is 25.3. The minimum Gasteiger partial charge on any atom is -0.326 e. The predicted molar refractivity (Wildman–Crippen MR) is 108 cm³/mol. The largest absolute Gasteiger partial charge is 0.326 e.